The molecule has 0 heterocycles. The summed E-state index contributed by atoms with van der Waals surface area (Å²) >= 11 is 0. The van der Waals surface area contributed by atoms with Crippen molar-refractivity contribution < 1.29 is 4.74 Å². The molecule has 1 unspecified atom stereocenters. The van der Waals surface area contributed by atoms with Crippen molar-refractivity contribution in [2.75, 3.05) is 20.2 Å². The fourth-order valence-corrected chi connectivity index (χ4v) is 1.32. The molecule has 0 radical (unpaired) electrons. The smallest absolute Gasteiger partial charge is 0.119 e. The van der Waals surface area contributed by atoms with Gasteiger partial charge in [-0.05, 0) is 31.7 Å². The van der Waals surface area contributed by atoms with E-state index in [1.807, 2.05) is 38.2 Å². The zero-order valence-corrected chi connectivity index (χ0v) is 8.79. The maximum atomic E-state index is 5.93. The highest BCUT2D eigenvalue weighted by atomic mass is 16.5. The second kappa shape index (κ2) is 5.62. The van der Waals surface area contributed by atoms with E-state index in [1.165, 1.54) is 0 Å². The van der Waals surface area contributed by atoms with Crippen molar-refractivity contribution in [2.24, 2.45) is 5.73 Å². The van der Waals surface area contributed by atoms with Crippen LogP contribution in [0.2, 0.25) is 0 Å². The van der Waals surface area contributed by atoms with Crippen LogP contribution in [0.25, 0.3) is 0 Å². The Kier molecular flexibility index (Phi) is 4.43. The minimum Gasteiger partial charge on any atom is -0.494 e. The Morgan fingerprint density at radius 1 is 1.36 bits per heavy atom. The van der Waals surface area contributed by atoms with E-state index in [-0.39, 0.29) is 6.04 Å². The Morgan fingerprint density at radius 2 is 2.00 bits per heavy atom. The highest BCUT2D eigenvalue weighted by molar-refractivity contribution is 5.29. The molecule has 0 amide bonds. The van der Waals surface area contributed by atoms with Gasteiger partial charge in [0, 0.05) is 12.6 Å². The SMILES string of the molecule is CCOc1ccc(C(N)CNC)cc1. The summed E-state index contributed by atoms with van der Waals surface area (Å²) in [6, 6.07) is 7.97. The van der Waals surface area contributed by atoms with E-state index < -0.39 is 0 Å². The summed E-state index contributed by atoms with van der Waals surface area (Å²) in [5, 5.41) is 3.05. The number of likely N-dealkylation sites (N-methyl/N-ethyl adjacent to an activating group) is 1. The van der Waals surface area contributed by atoms with Gasteiger partial charge < -0.3 is 15.8 Å². The first kappa shape index (κ1) is 11.0. The summed E-state index contributed by atoms with van der Waals surface area (Å²) in [6.07, 6.45) is 0. The molecule has 0 aromatic heterocycles. The molecule has 1 rings (SSSR count). The first-order valence-corrected chi connectivity index (χ1v) is 4.91. The number of rotatable bonds is 5. The van der Waals surface area contributed by atoms with Gasteiger partial charge in [-0.1, -0.05) is 12.1 Å². The van der Waals surface area contributed by atoms with E-state index in [1.54, 1.807) is 0 Å². The van der Waals surface area contributed by atoms with Crippen LogP contribution < -0.4 is 15.8 Å². The molecule has 0 fully saturated rings. The predicted molar refractivity (Wildman–Crippen MR) is 58.5 cm³/mol. The normalized spacial score (nSPS) is 12.5. The van der Waals surface area contributed by atoms with E-state index in [0.717, 1.165) is 17.9 Å². The lowest BCUT2D eigenvalue weighted by atomic mass is 10.1. The lowest BCUT2D eigenvalue weighted by molar-refractivity contribution is 0.340. The van der Waals surface area contributed by atoms with Crippen LogP contribution in [0.5, 0.6) is 5.75 Å². The fourth-order valence-electron chi connectivity index (χ4n) is 1.32. The summed E-state index contributed by atoms with van der Waals surface area (Å²) in [7, 11) is 1.90. The van der Waals surface area contributed by atoms with E-state index in [2.05, 4.69) is 5.32 Å². The molecule has 0 spiro atoms. The van der Waals surface area contributed by atoms with Crippen LogP contribution in [0.15, 0.2) is 24.3 Å². The number of hydrogen-bond donors (Lipinski definition) is 2. The molecule has 0 aliphatic heterocycles. The molecule has 0 saturated carbocycles. The molecule has 1 atom stereocenters. The summed E-state index contributed by atoms with van der Waals surface area (Å²) in [6.45, 7) is 3.45. The molecule has 0 aliphatic rings. The Morgan fingerprint density at radius 3 is 2.50 bits per heavy atom. The van der Waals surface area contributed by atoms with Gasteiger partial charge in [-0.3, -0.25) is 0 Å². The van der Waals surface area contributed by atoms with Crippen molar-refractivity contribution in [2.45, 2.75) is 13.0 Å². The van der Waals surface area contributed by atoms with Crippen LogP contribution in [0.4, 0.5) is 0 Å². The first-order valence-electron chi connectivity index (χ1n) is 4.91. The molecule has 0 saturated heterocycles. The highest BCUT2D eigenvalue weighted by Crippen LogP contribution is 2.15. The number of ether oxygens (including phenoxy) is 1. The summed E-state index contributed by atoms with van der Waals surface area (Å²) in [5.74, 6) is 0.896. The standard InChI is InChI=1S/C11H18N2O/c1-3-14-10-6-4-9(5-7-10)11(12)8-13-2/h4-7,11,13H,3,8,12H2,1-2H3. The van der Waals surface area contributed by atoms with Gasteiger partial charge in [0.25, 0.3) is 0 Å². The monoisotopic (exact) mass is 194 g/mol. The Balaban J connectivity index is 2.62. The van der Waals surface area contributed by atoms with Crippen molar-refractivity contribution in [1.82, 2.24) is 5.32 Å². The van der Waals surface area contributed by atoms with Crippen molar-refractivity contribution in [3.05, 3.63) is 29.8 Å². The lowest BCUT2D eigenvalue weighted by Gasteiger charge is -2.11. The molecule has 14 heavy (non-hydrogen) atoms. The van der Waals surface area contributed by atoms with E-state index in [0.29, 0.717) is 6.61 Å². The quantitative estimate of drug-likeness (QED) is 0.743. The van der Waals surface area contributed by atoms with E-state index in [4.69, 9.17) is 10.5 Å². The Hall–Kier alpha value is -1.06. The van der Waals surface area contributed by atoms with Crippen LogP contribution in [-0.2, 0) is 0 Å². The first-order chi connectivity index (χ1) is 6.77. The second-order valence-electron chi connectivity index (χ2n) is 3.17. The van der Waals surface area contributed by atoms with Crippen LogP contribution in [0.3, 0.4) is 0 Å². The summed E-state index contributed by atoms with van der Waals surface area (Å²) < 4.78 is 5.34. The molecule has 0 bridgehead atoms. The number of nitrogens with two attached hydrogens (primary N) is 1. The van der Waals surface area contributed by atoms with Gasteiger partial charge >= 0.3 is 0 Å². The summed E-state index contributed by atoms with van der Waals surface area (Å²) in [5.41, 5.74) is 7.05. The maximum Gasteiger partial charge on any atom is 0.119 e. The van der Waals surface area contributed by atoms with Gasteiger partial charge in [0.15, 0.2) is 0 Å². The molecular formula is C11H18N2O. The Labute approximate surface area is 85.3 Å². The fraction of sp³-hybridized carbons (Fsp3) is 0.455. The van der Waals surface area contributed by atoms with Gasteiger partial charge in [-0.2, -0.15) is 0 Å². The topological polar surface area (TPSA) is 47.3 Å². The van der Waals surface area contributed by atoms with Crippen LogP contribution in [-0.4, -0.2) is 20.2 Å². The van der Waals surface area contributed by atoms with Crippen LogP contribution in [0.1, 0.15) is 18.5 Å². The molecular weight excluding hydrogens is 176 g/mol. The number of benzene rings is 1. The molecule has 3 N–H and O–H groups in total. The van der Waals surface area contributed by atoms with Gasteiger partial charge in [0.05, 0.1) is 6.61 Å². The predicted octanol–water partition coefficient (Wildman–Crippen LogP) is 1.30. The third kappa shape index (κ3) is 3.01. The minimum absolute atomic E-state index is 0.0516. The number of hydrogen-bond acceptors (Lipinski definition) is 3. The largest absolute Gasteiger partial charge is 0.494 e. The van der Waals surface area contributed by atoms with Crippen molar-refractivity contribution >= 4 is 0 Å². The van der Waals surface area contributed by atoms with Crippen LogP contribution in [0, 0.1) is 0 Å². The molecule has 1 aromatic rings. The molecule has 1 aromatic carbocycles. The molecule has 78 valence electrons. The van der Waals surface area contributed by atoms with E-state index >= 15 is 0 Å². The zero-order valence-electron chi connectivity index (χ0n) is 8.79. The minimum atomic E-state index is 0.0516. The average Bonchev–Trinajstić information content (AvgIpc) is 2.20. The molecule has 0 aliphatic carbocycles. The molecule has 3 heteroatoms. The van der Waals surface area contributed by atoms with Gasteiger partial charge in [-0.15, -0.1) is 0 Å². The second-order valence-corrected chi connectivity index (χ2v) is 3.17. The van der Waals surface area contributed by atoms with Crippen LogP contribution >= 0.6 is 0 Å². The lowest BCUT2D eigenvalue weighted by Crippen LogP contribution is -2.23. The third-order valence-electron chi connectivity index (χ3n) is 2.04. The van der Waals surface area contributed by atoms with Crippen molar-refractivity contribution in [1.29, 1.82) is 0 Å². The number of nitrogens with one attached hydrogen (secondary N) is 1. The Bertz CT molecular complexity index is 258. The highest BCUT2D eigenvalue weighted by Gasteiger charge is 2.03. The van der Waals surface area contributed by atoms with Gasteiger partial charge in [0.1, 0.15) is 5.75 Å². The summed E-state index contributed by atoms with van der Waals surface area (Å²) in [4.78, 5) is 0. The van der Waals surface area contributed by atoms with Crippen molar-refractivity contribution in [3.63, 3.8) is 0 Å². The third-order valence-corrected chi connectivity index (χ3v) is 2.04. The van der Waals surface area contributed by atoms with Crippen molar-refractivity contribution in [3.8, 4) is 5.75 Å². The molecule has 3 nitrogen and oxygen atoms in total. The van der Waals surface area contributed by atoms with E-state index in [9.17, 15) is 0 Å². The average molecular weight is 194 g/mol. The maximum absolute atomic E-state index is 5.93. The van der Waals surface area contributed by atoms with Gasteiger partial charge in [0.2, 0.25) is 0 Å². The van der Waals surface area contributed by atoms with Gasteiger partial charge in [-0.25, -0.2) is 0 Å². The zero-order chi connectivity index (χ0) is 10.4.